The van der Waals surface area contributed by atoms with Crippen LogP contribution < -0.4 is 0 Å². The van der Waals surface area contributed by atoms with Gasteiger partial charge in [0.25, 0.3) is 0 Å². The summed E-state index contributed by atoms with van der Waals surface area (Å²) in [6, 6.07) is 0. The van der Waals surface area contributed by atoms with Gasteiger partial charge in [0.15, 0.2) is 6.23 Å². The van der Waals surface area contributed by atoms with E-state index in [1.54, 1.807) is 11.9 Å². The number of aliphatic hydroxyl groups is 1. The molecule has 2 N–H and O–H groups in total. The Morgan fingerprint density at radius 2 is 2.36 bits per heavy atom. The lowest BCUT2D eigenvalue weighted by Crippen LogP contribution is -2.29. The maximum absolute atomic E-state index is 10.1. The molecule has 0 aromatic rings. The van der Waals surface area contributed by atoms with E-state index in [9.17, 15) is 4.79 Å². The number of rotatable bonds is 1. The van der Waals surface area contributed by atoms with Gasteiger partial charge in [-0.25, -0.2) is 4.79 Å². The van der Waals surface area contributed by atoms with E-state index in [0.717, 1.165) is 0 Å². The standard InChI is InChI=1S/C6H11NO4/c1-7-3-4(8)2-5(7)11-6(9)10/h4-5,8H,2-3H2,1H3,(H,9,10)/t4-,5+/m0/s1. The first kappa shape index (κ1) is 8.29. The highest BCUT2D eigenvalue weighted by Crippen LogP contribution is 2.16. The largest absolute Gasteiger partial charge is 0.507 e. The number of β-amino-alcohol motifs (C(OH)–C–C–N with tert-alkyl or cyclic N) is 1. The average molecular weight is 161 g/mol. The van der Waals surface area contributed by atoms with Crippen LogP contribution in [-0.4, -0.2) is 47.2 Å². The van der Waals surface area contributed by atoms with Crippen molar-refractivity contribution in [2.24, 2.45) is 0 Å². The molecule has 0 aliphatic carbocycles. The molecule has 1 saturated heterocycles. The van der Waals surface area contributed by atoms with Gasteiger partial charge in [-0.2, -0.15) is 0 Å². The monoisotopic (exact) mass is 161 g/mol. The molecule has 1 heterocycles. The fourth-order valence-electron chi connectivity index (χ4n) is 1.19. The molecule has 64 valence electrons. The van der Waals surface area contributed by atoms with Gasteiger partial charge >= 0.3 is 6.16 Å². The lowest BCUT2D eigenvalue weighted by molar-refractivity contribution is -0.00383. The Morgan fingerprint density at radius 3 is 2.73 bits per heavy atom. The number of carboxylic acid groups (broad SMARTS) is 1. The van der Waals surface area contributed by atoms with E-state index in [1.807, 2.05) is 0 Å². The van der Waals surface area contributed by atoms with Gasteiger partial charge in [-0.3, -0.25) is 4.90 Å². The van der Waals surface area contributed by atoms with Crippen LogP contribution in [0, 0.1) is 0 Å². The minimum atomic E-state index is -1.30. The fourth-order valence-corrected chi connectivity index (χ4v) is 1.19. The van der Waals surface area contributed by atoms with Crippen LogP contribution in [0.2, 0.25) is 0 Å². The molecule has 1 aliphatic heterocycles. The number of likely N-dealkylation sites (N-methyl/N-ethyl adjacent to an activating group) is 1. The van der Waals surface area contributed by atoms with E-state index in [4.69, 9.17) is 10.2 Å². The van der Waals surface area contributed by atoms with Crippen LogP contribution in [0.1, 0.15) is 6.42 Å². The minimum Gasteiger partial charge on any atom is -0.450 e. The van der Waals surface area contributed by atoms with Crippen LogP contribution in [-0.2, 0) is 4.74 Å². The van der Waals surface area contributed by atoms with Crippen LogP contribution in [0.4, 0.5) is 4.79 Å². The zero-order valence-corrected chi connectivity index (χ0v) is 6.23. The van der Waals surface area contributed by atoms with Gasteiger partial charge in [0.05, 0.1) is 6.10 Å². The molecule has 0 saturated carbocycles. The summed E-state index contributed by atoms with van der Waals surface area (Å²) in [5.41, 5.74) is 0. The first-order valence-electron chi connectivity index (χ1n) is 3.37. The van der Waals surface area contributed by atoms with Crippen molar-refractivity contribution in [3.8, 4) is 0 Å². The third-order valence-electron chi connectivity index (χ3n) is 1.70. The third-order valence-corrected chi connectivity index (χ3v) is 1.70. The fraction of sp³-hybridized carbons (Fsp3) is 0.833. The summed E-state index contributed by atoms with van der Waals surface area (Å²) in [6.45, 7) is 0.470. The van der Waals surface area contributed by atoms with Crippen LogP contribution in [0.25, 0.3) is 0 Å². The number of nitrogens with zero attached hydrogens (tertiary/aromatic N) is 1. The van der Waals surface area contributed by atoms with Crippen molar-refractivity contribution in [3.63, 3.8) is 0 Å². The number of hydrogen-bond donors (Lipinski definition) is 2. The highest BCUT2D eigenvalue weighted by Gasteiger charge is 2.30. The van der Waals surface area contributed by atoms with Gasteiger partial charge in [-0.15, -0.1) is 0 Å². The molecule has 11 heavy (non-hydrogen) atoms. The molecule has 0 unspecified atom stereocenters. The molecule has 0 aromatic carbocycles. The van der Waals surface area contributed by atoms with Crippen molar-refractivity contribution >= 4 is 6.16 Å². The molecule has 5 heteroatoms. The predicted octanol–water partition coefficient (Wildman–Crippen LogP) is -0.297. The smallest absolute Gasteiger partial charge is 0.450 e. The van der Waals surface area contributed by atoms with Crippen molar-refractivity contribution in [1.29, 1.82) is 0 Å². The van der Waals surface area contributed by atoms with Gasteiger partial charge in [0.1, 0.15) is 0 Å². The number of carbonyl (C=O) groups is 1. The summed E-state index contributed by atoms with van der Waals surface area (Å²) >= 11 is 0. The average Bonchev–Trinajstić information content (AvgIpc) is 2.09. The predicted molar refractivity (Wildman–Crippen MR) is 36.2 cm³/mol. The second-order valence-corrected chi connectivity index (χ2v) is 2.67. The van der Waals surface area contributed by atoms with Crippen LogP contribution >= 0.6 is 0 Å². The molecular formula is C6H11NO4. The molecule has 1 fully saturated rings. The topological polar surface area (TPSA) is 70.0 Å². The SMILES string of the molecule is CN1C[C@@H](O)C[C@H]1OC(=O)O. The summed E-state index contributed by atoms with van der Waals surface area (Å²) < 4.78 is 4.48. The van der Waals surface area contributed by atoms with Gasteiger partial charge in [-0.1, -0.05) is 0 Å². The van der Waals surface area contributed by atoms with E-state index in [1.165, 1.54) is 0 Å². The molecule has 2 atom stereocenters. The van der Waals surface area contributed by atoms with Crippen LogP contribution in [0.5, 0.6) is 0 Å². The molecule has 0 spiro atoms. The normalized spacial score (nSPS) is 32.2. The Labute approximate surface area is 64.2 Å². The van der Waals surface area contributed by atoms with Crippen LogP contribution in [0.15, 0.2) is 0 Å². The van der Waals surface area contributed by atoms with E-state index < -0.39 is 18.5 Å². The summed E-state index contributed by atoms with van der Waals surface area (Å²) in [7, 11) is 1.71. The first-order chi connectivity index (χ1) is 5.09. The van der Waals surface area contributed by atoms with Gasteiger partial charge in [0.2, 0.25) is 0 Å². The molecule has 1 aliphatic rings. The van der Waals surface area contributed by atoms with Crippen LogP contribution in [0.3, 0.4) is 0 Å². The van der Waals surface area contributed by atoms with Crippen molar-refractivity contribution in [1.82, 2.24) is 4.90 Å². The number of hydrogen-bond acceptors (Lipinski definition) is 4. The summed E-state index contributed by atoms with van der Waals surface area (Å²) in [5.74, 6) is 0. The highest BCUT2D eigenvalue weighted by molar-refractivity contribution is 5.57. The minimum absolute atomic E-state index is 0.364. The summed E-state index contributed by atoms with van der Waals surface area (Å²) in [5, 5.41) is 17.3. The lowest BCUT2D eigenvalue weighted by Gasteiger charge is -2.16. The van der Waals surface area contributed by atoms with Gasteiger partial charge in [0, 0.05) is 13.0 Å². The maximum Gasteiger partial charge on any atom is 0.507 e. The Kier molecular flexibility index (Phi) is 2.31. The molecule has 0 bridgehead atoms. The van der Waals surface area contributed by atoms with Crippen molar-refractivity contribution in [2.45, 2.75) is 18.8 Å². The zero-order chi connectivity index (χ0) is 8.43. The second-order valence-electron chi connectivity index (χ2n) is 2.67. The molecule has 1 rings (SSSR count). The van der Waals surface area contributed by atoms with Crippen molar-refractivity contribution in [2.75, 3.05) is 13.6 Å². The number of likely N-dealkylation sites (tertiary alicyclic amines) is 1. The molecular weight excluding hydrogens is 150 g/mol. The van der Waals surface area contributed by atoms with Crippen molar-refractivity contribution in [3.05, 3.63) is 0 Å². The van der Waals surface area contributed by atoms with E-state index in [0.29, 0.717) is 13.0 Å². The number of aliphatic hydroxyl groups excluding tert-OH is 1. The summed E-state index contributed by atoms with van der Waals surface area (Å²) in [4.78, 5) is 11.7. The highest BCUT2D eigenvalue weighted by atomic mass is 16.7. The van der Waals surface area contributed by atoms with Crippen molar-refractivity contribution < 1.29 is 19.7 Å². The molecule has 0 aromatic heterocycles. The van der Waals surface area contributed by atoms with Gasteiger partial charge < -0.3 is 14.9 Å². The zero-order valence-electron chi connectivity index (χ0n) is 6.23. The molecule has 0 amide bonds. The molecule has 5 nitrogen and oxygen atoms in total. The molecule has 0 radical (unpaired) electrons. The van der Waals surface area contributed by atoms with E-state index in [-0.39, 0.29) is 0 Å². The second kappa shape index (κ2) is 3.06. The number of ether oxygens (including phenoxy) is 1. The van der Waals surface area contributed by atoms with E-state index >= 15 is 0 Å². The third kappa shape index (κ3) is 2.06. The van der Waals surface area contributed by atoms with Gasteiger partial charge in [-0.05, 0) is 7.05 Å². The Balaban J connectivity index is 2.40. The Bertz CT molecular complexity index is 161. The first-order valence-corrected chi connectivity index (χ1v) is 3.37. The quantitative estimate of drug-likeness (QED) is 0.517. The Morgan fingerprint density at radius 1 is 1.73 bits per heavy atom. The lowest BCUT2D eigenvalue weighted by atomic mass is 10.3. The Hall–Kier alpha value is -0.810. The van der Waals surface area contributed by atoms with E-state index in [2.05, 4.69) is 4.74 Å². The summed E-state index contributed by atoms with van der Waals surface area (Å²) in [6.07, 6.45) is -1.88. The maximum atomic E-state index is 10.1.